The Hall–Kier alpha value is -3.57. The van der Waals surface area contributed by atoms with Crippen LogP contribution in [0, 0.1) is 6.92 Å². The van der Waals surface area contributed by atoms with E-state index in [-0.39, 0.29) is 16.5 Å². The number of aryl methyl sites for hydroxylation is 2. The molecule has 31 heavy (non-hydrogen) atoms. The maximum atomic E-state index is 12.9. The van der Waals surface area contributed by atoms with Crippen molar-refractivity contribution in [3.63, 3.8) is 0 Å². The van der Waals surface area contributed by atoms with Gasteiger partial charge >= 0.3 is 0 Å². The third-order valence-corrected chi connectivity index (χ3v) is 6.80. The molecule has 0 aliphatic heterocycles. The second-order valence-electron chi connectivity index (χ2n) is 6.91. The summed E-state index contributed by atoms with van der Waals surface area (Å²) in [7, 11) is -2.24. The van der Waals surface area contributed by atoms with E-state index in [4.69, 9.17) is 0 Å². The third kappa shape index (κ3) is 3.80. The lowest BCUT2D eigenvalue weighted by Crippen LogP contribution is -2.15. The third-order valence-electron chi connectivity index (χ3n) is 4.55. The van der Waals surface area contributed by atoms with Gasteiger partial charge in [-0.1, -0.05) is 12.1 Å². The van der Waals surface area contributed by atoms with Crippen LogP contribution in [-0.2, 0) is 17.1 Å². The van der Waals surface area contributed by atoms with Gasteiger partial charge in [-0.05, 0) is 37.3 Å². The number of fused-ring (bicyclic) bond motifs is 2. The van der Waals surface area contributed by atoms with Crippen molar-refractivity contribution >= 4 is 59.9 Å². The summed E-state index contributed by atoms with van der Waals surface area (Å²) in [5, 5.41) is 8.10. The lowest BCUT2D eigenvalue weighted by molar-refractivity contribution is 0.601. The zero-order valence-electron chi connectivity index (χ0n) is 16.6. The molecule has 11 heteroatoms. The summed E-state index contributed by atoms with van der Waals surface area (Å²) in [5.41, 5.74) is 2.80. The van der Waals surface area contributed by atoms with E-state index >= 15 is 0 Å². The fraction of sp³-hybridized carbons (Fsp3) is 0.100. The lowest BCUT2D eigenvalue weighted by atomic mass is 10.3. The number of para-hydroxylation sites is 2. The van der Waals surface area contributed by atoms with Crippen molar-refractivity contribution in [2.75, 3.05) is 10.0 Å². The van der Waals surface area contributed by atoms with Crippen molar-refractivity contribution < 1.29 is 8.42 Å². The van der Waals surface area contributed by atoms with E-state index in [2.05, 4.69) is 30.1 Å². The Morgan fingerprint density at radius 1 is 0.968 bits per heavy atom. The average molecular weight is 452 g/mol. The Labute approximate surface area is 181 Å². The summed E-state index contributed by atoms with van der Waals surface area (Å²) in [6.45, 7) is 1.96. The van der Waals surface area contributed by atoms with Crippen LogP contribution in [0.5, 0.6) is 0 Å². The SMILES string of the molecule is Cc1nc2cc(Nc3nc4ccccc4nc3NS(=O)(=O)c3cnn(C)c3)ccc2s1. The Balaban J connectivity index is 1.58. The molecule has 0 spiro atoms. The predicted molar refractivity (Wildman–Crippen MR) is 121 cm³/mol. The standard InChI is InChI=1S/C20H17N7O2S2/c1-12-22-17-9-13(7-8-18(17)30-12)23-19-20(25-16-6-4-3-5-15(16)24-19)26-31(28,29)14-10-21-27(2)11-14/h3-11H,1-2H3,(H,23,24)(H,25,26). The molecule has 0 saturated heterocycles. The van der Waals surface area contributed by atoms with Crippen LogP contribution in [0.25, 0.3) is 21.3 Å². The number of rotatable bonds is 5. The van der Waals surface area contributed by atoms with Gasteiger partial charge in [-0.15, -0.1) is 11.3 Å². The molecule has 2 N–H and O–H groups in total. The minimum absolute atomic E-state index is 0.0373. The molecule has 0 unspecified atom stereocenters. The number of nitrogens with zero attached hydrogens (tertiary/aromatic N) is 5. The summed E-state index contributed by atoms with van der Waals surface area (Å²) in [5.74, 6) is 0.384. The topological polar surface area (TPSA) is 115 Å². The van der Waals surface area contributed by atoms with Crippen LogP contribution in [-0.4, -0.2) is 33.2 Å². The molecular weight excluding hydrogens is 434 g/mol. The molecular formula is C20H17N7O2S2. The van der Waals surface area contributed by atoms with Crippen molar-refractivity contribution in [1.82, 2.24) is 24.7 Å². The Morgan fingerprint density at radius 2 is 1.71 bits per heavy atom. The number of thiazole rings is 1. The summed E-state index contributed by atoms with van der Waals surface area (Å²) >= 11 is 1.61. The second-order valence-corrected chi connectivity index (χ2v) is 9.82. The highest BCUT2D eigenvalue weighted by atomic mass is 32.2. The molecule has 3 heterocycles. The maximum absolute atomic E-state index is 12.9. The number of hydrogen-bond acceptors (Lipinski definition) is 8. The first-order chi connectivity index (χ1) is 14.9. The average Bonchev–Trinajstić information content (AvgIpc) is 3.33. The lowest BCUT2D eigenvalue weighted by Gasteiger charge is -2.13. The normalized spacial score (nSPS) is 11.8. The van der Waals surface area contributed by atoms with E-state index in [1.807, 2.05) is 43.3 Å². The van der Waals surface area contributed by atoms with Gasteiger partial charge in [0.25, 0.3) is 10.0 Å². The number of sulfonamides is 1. The van der Waals surface area contributed by atoms with Crippen molar-refractivity contribution in [3.8, 4) is 0 Å². The Morgan fingerprint density at radius 3 is 2.42 bits per heavy atom. The first kappa shape index (κ1) is 19.4. The summed E-state index contributed by atoms with van der Waals surface area (Å²) < 4.78 is 30.8. The number of anilines is 3. The zero-order chi connectivity index (χ0) is 21.6. The largest absolute Gasteiger partial charge is 0.337 e. The van der Waals surface area contributed by atoms with Crippen molar-refractivity contribution in [1.29, 1.82) is 0 Å². The fourth-order valence-electron chi connectivity index (χ4n) is 3.14. The van der Waals surface area contributed by atoms with E-state index < -0.39 is 10.0 Å². The second kappa shape index (κ2) is 7.29. The van der Waals surface area contributed by atoms with Gasteiger partial charge in [0.2, 0.25) is 0 Å². The molecule has 0 amide bonds. The molecule has 0 bridgehead atoms. The van der Waals surface area contributed by atoms with Crippen LogP contribution in [0.4, 0.5) is 17.3 Å². The number of aromatic nitrogens is 5. The van der Waals surface area contributed by atoms with Gasteiger partial charge in [0.1, 0.15) is 4.90 Å². The highest BCUT2D eigenvalue weighted by molar-refractivity contribution is 7.92. The number of benzene rings is 2. The van der Waals surface area contributed by atoms with E-state index in [0.29, 0.717) is 11.0 Å². The molecule has 0 radical (unpaired) electrons. The molecule has 0 aliphatic rings. The van der Waals surface area contributed by atoms with Gasteiger partial charge in [0, 0.05) is 18.9 Å². The van der Waals surface area contributed by atoms with Gasteiger partial charge in [0.15, 0.2) is 11.6 Å². The molecule has 0 aliphatic carbocycles. The Bertz CT molecular complexity index is 1540. The molecule has 3 aromatic heterocycles. The van der Waals surface area contributed by atoms with Gasteiger partial charge in [-0.25, -0.2) is 23.4 Å². The molecule has 0 atom stereocenters. The molecule has 5 rings (SSSR count). The molecule has 0 saturated carbocycles. The van der Waals surface area contributed by atoms with E-state index in [1.54, 1.807) is 24.5 Å². The van der Waals surface area contributed by atoms with Crippen molar-refractivity contribution in [2.45, 2.75) is 11.8 Å². The fourth-order valence-corrected chi connectivity index (χ4v) is 4.94. The first-order valence-electron chi connectivity index (χ1n) is 9.30. The highest BCUT2D eigenvalue weighted by Crippen LogP contribution is 2.29. The summed E-state index contributed by atoms with van der Waals surface area (Å²) in [6.07, 6.45) is 2.70. The maximum Gasteiger partial charge on any atom is 0.266 e. The van der Waals surface area contributed by atoms with Crippen LogP contribution in [0.2, 0.25) is 0 Å². The van der Waals surface area contributed by atoms with Crippen molar-refractivity contribution in [2.24, 2.45) is 7.05 Å². The van der Waals surface area contributed by atoms with E-state index in [0.717, 1.165) is 20.9 Å². The zero-order valence-corrected chi connectivity index (χ0v) is 18.2. The molecule has 5 aromatic rings. The van der Waals surface area contributed by atoms with E-state index in [1.165, 1.54) is 17.1 Å². The monoisotopic (exact) mass is 451 g/mol. The highest BCUT2D eigenvalue weighted by Gasteiger charge is 2.20. The minimum Gasteiger partial charge on any atom is -0.337 e. The Kier molecular flexibility index (Phi) is 4.56. The van der Waals surface area contributed by atoms with Crippen LogP contribution in [0.3, 0.4) is 0 Å². The molecule has 2 aromatic carbocycles. The van der Waals surface area contributed by atoms with Gasteiger partial charge < -0.3 is 5.32 Å². The van der Waals surface area contributed by atoms with Crippen LogP contribution >= 0.6 is 11.3 Å². The van der Waals surface area contributed by atoms with Gasteiger partial charge in [0.05, 0.1) is 32.5 Å². The van der Waals surface area contributed by atoms with Gasteiger partial charge in [-0.2, -0.15) is 5.10 Å². The number of nitrogens with one attached hydrogen (secondary N) is 2. The van der Waals surface area contributed by atoms with Gasteiger partial charge in [-0.3, -0.25) is 9.40 Å². The van der Waals surface area contributed by atoms with Crippen LogP contribution in [0.1, 0.15) is 5.01 Å². The molecule has 156 valence electrons. The molecule has 0 fully saturated rings. The summed E-state index contributed by atoms with van der Waals surface area (Å²) in [4.78, 5) is 13.6. The van der Waals surface area contributed by atoms with Crippen molar-refractivity contribution in [3.05, 3.63) is 59.9 Å². The molecule has 9 nitrogen and oxygen atoms in total. The quantitative estimate of drug-likeness (QED) is 0.417. The smallest absolute Gasteiger partial charge is 0.266 e. The predicted octanol–water partition coefficient (Wildman–Crippen LogP) is 3.83. The number of hydrogen-bond donors (Lipinski definition) is 2. The summed E-state index contributed by atoms with van der Waals surface area (Å²) in [6, 6.07) is 13.0. The van der Waals surface area contributed by atoms with Crippen LogP contribution < -0.4 is 10.0 Å². The minimum atomic E-state index is -3.89. The first-order valence-corrected chi connectivity index (χ1v) is 11.6. The van der Waals surface area contributed by atoms with E-state index in [9.17, 15) is 8.42 Å². The van der Waals surface area contributed by atoms with Crippen LogP contribution in [0.15, 0.2) is 59.8 Å².